The minimum atomic E-state index is -0.807. The number of hydrogen-bond donors (Lipinski definition) is 0. The van der Waals surface area contributed by atoms with Crippen molar-refractivity contribution in [1.29, 1.82) is 0 Å². The number of rotatable bonds is 5. The van der Waals surface area contributed by atoms with E-state index in [1.807, 2.05) is 93.5 Å². The first-order chi connectivity index (χ1) is 15.8. The molecule has 1 aliphatic rings. The van der Waals surface area contributed by atoms with Crippen molar-refractivity contribution in [3.05, 3.63) is 83.4 Å². The number of benzene rings is 3. The molecule has 170 valence electrons. The first kappa shape index (κ1) is 22.4. The molecule has 0 aliphatic carbocycles. The van der Waals surface area contributed by atoms with Crippen LogP contribution in [0, 0.1) is 13.8 Å². The highest BCUT2D eigenvalue weighted by atomic mass is 16.5. The van der Waals surface area contributed by atoms with Gasteiger partial charge in [-0.05, 0) is 60.9 Å². The van der Waals surface area contributed by atoms with Crippen molar-refractivity contribution in [3.63, 3.8) is 0 Å². The van der Waals surface area contributed by atoms with E-state index >= 15 is 0 Å². The molecule has 3 aromatic rings. The molecule has 0 spiro atoms. The highest BCUT2D eigenvalue weighted by Crippen LogP contribution is 2.39. The topological polar surface area (TPSA) is 53.1 Å². The van der Waals surface area contributed by atoms with E-state index in [0.29, 0.717) is 11.4 Å². The van der Waals surface area contributed by atoms with Crippen LogP contribution in [0.25, 0.3) is 0 Å². The van der Waals surface area contributed by atoms with Crippen LogP contribution in [-0.4, -0.2) is 39.6 Å². The van der Waals surface area contributed by atoms with Crippen molar-refractivity contribution in [1.82, 2.24) is 0 Å². The third-order valence-corrected chi connectivity index (χ3v) is 6.26. The van der Waals surface area contributed by atoms with Crippen LogP contribution in [0.1, 0.15) is 22.7 Å². The van der Waals surface area contributed by atoms with Gasteiger partial charge in [-0.15, -0.1) is 0 Å². The van der Waals surface area contributed by atoms with Gasteiger partial charge in [0.05, 0.1) is 12.8 Å². The molecule has 0 bridgehead atoms. The molecule has 33 heavy (non-hydrogen) atoms. The zero-order chi connectivity index (χ0) is 23.7. The lowest BCUT2D eigenvalue weighted by Gasteiger charge is -2.41. The molecule has 0 radical (unpaired) electrons. The van der Waals surface area contributed by atoms with Crippen LogP contribution in [0.15, 0.2) is 66.7 Å². The van der Waals surface area contributed by atoms with E-state index in [1.54, 1.807) is 23.0 Å². The summed E-state index contributed by atoms with van der Waals surface area (Å²) < 4.78 is 5.54. The molecular weight excluding hydrogens is 414 g/mol. The molecule has 1 aliphatic heterocycles. The van der Waals surface area contributed by atoms with Crippen molar-refractivity contribution >= 4 is 28.9 Å². The fourth-order valence-electron chi connectivity index (χ4n) is 4.27. The van der Waals surface area contributed by atoms with Gasteiger partial charge in [-0.25, -0.2) is 0 Å². The van der Waals surface area contributed by atoms with Gasteiger partial charge in [0.1, 0.15) is 18.3 Å². The summed E-state index contributed by atoms with van der Waals surface area (Å²) in [6.07, 6.45) is 0. The molecule has 1 fully saturated rings. The third kappa shape index (κ3) is 4.04. The molecule has 0 aromatic heterocycles. The highest BCUT2D eigenvalue weighted by molar-refractivity contribution is 6.15. The smallest absolute Gasteiger partial charge is 0.255 e. The van der Waals surface area contributed by atoms with Crippen LogP contribution < -0.4 is 19.4 Å². The molecule has 0 saturated carbocycles. The number of amides is 2. The van der Waals surface area contributed by atoms with Crippen LogP contribution in [0.4, 0.5) is 17.1 Å². The largest absolute Gasteiger partial charge is 0.495 e. The number of methoxy groups -OCH3 is 1. The zero-order valence-electron chi connectivity index (χ0n) is 19.7. The van der Waals surface area contributed by atoms with Crippen molar-refractivity contribution in [2.45, 2.75) is 19.9 Å². The Labute approximate surface area is 195 Å². The number of piperazine rings is 1. The normalized spacial score (nSPS) is 16.2. The fourth-order valence-corrected chi connectivity index (χ4v) is 4.27. The van der Waals surface area contributed by atoms with Gasteiger partial charge >= 0.3 is 0 Å². The molecule has 1 saturated heterocycles. The Morgan fingerprint density at radius 2 is 1.55 bits per heavy atom. The molecule has 1 heterocycles. The molecule has 3 aromatic carbocycles. The van der Waals surface area contributed by atoms with E-state index in [0.717, 1.165) is 28.1 Å². The molecule has 4 rings (SSSR count). The quantitative estimate of drug-likeness (QED) is 0.583. The summed E-state index contributed by atoms with van der Waals surface area (Å²) >= 11 is 0. The second kappa shape index (κ2) is 8.98. The van der Waals surface area contributed by atoms with Gasteiger partial charge in [0, 0.05) is 25.5 Å². The first-order valence-electron chi connectivity index (χ1n) is 10.9. The molecule has 0 unspecified atom stereocenters. The van der Waals surface area contributed by atoms with Crippen LogP contribution >= 0.6 is 0 Å². The summed E-state index contributed by atoms with van der Waals surface area (Å²) in [7, 11) is 5.50. The van der Waals surface area contributed by atoms with Crippen molar-refractivity contribution < 1.29 is 14.3 Å². The van der Waals surface area contributed by atoms with Gasteiger partial charge in [0.15, 0.2) is 0 Å². The first-order valence-corrected chi connectivity index (χ1v) is 10.9. The Hall–Kier alpha value is -3.80. The Balaban J connectivity index is 1.86. The zero-order valence-corrected chi connectivity index (χ0v) is 19.7. The monoisotopic (exact) mass is 443 g/mol. The predicted octanol–water partition coefficient (Wildman–Crippen LogP) is 4.50. The molecular formula is C27H29N3O3. The molecule has 1 atom stereocenters. The van der Waals surface area contributed by atoms with E-state index in [-0.39, 0.29) is 18.4 Å². The summed E-state index contributed by atoms with van der Waals surface area (Å²) in [5, 5.41) is 0. The van der Waals surface area contributed by atoms with Crippen molar-refractivity contribution in [2.75, 3.05) is 42.4 Å². The summed E-state index contributed by atoms with van der Waals surface area (Å²) in [4.78, 5) is 32.8. The lowest BCUT2D eigenvalue weighted by molar-refractivity contribution is -0.128. The fraction of sp³-hybridized carbons (Fsp3) is 0.259. The lowest BCUT2D eigenvalue weighted by Crippen LogP contribution is -2.56. The molecule has 6 nitrogen and oxygen atoms in total. The number of aryl methyl sites for hydroxylation is 1. The van der Waals surface area contributed by atoms with E-state index in [4.69, 9.17) is 4.74 Å². The van der Waals surface area contributed by atoms with Crippen molar-refractivity contribution in [2.24, 2.45) is 0 Å². The van der Waals surface area contributed by atoms with E-state index in [1.165, 1.54) is 0 Å². The average molecular weight is 444 g/mol. The number of carbonyl (C=O) groups is 2. The third-order valence-electron chi connectivity index (χ3n) is 6.26. The molecule has 6 heteroatoms. The van der Waals surface area contributed by atoms with Gasteiger partial charge in [0.25, 0.3) is 5.91 Å². The second-order valence-electron chi connectivity index (χ2n) is 8.47. The molecule has 2 amide bonds. The maximum Gasteiger partial charge on any atom is 0.255 e. The van der Waals surface area contributed by atoms with Crippen molar-refractivity contribution in [3.8, 4) is 5.75 Å². The number of hydrogen-bond acceptors (Lipinski definition) is 4. The summed E-state index contributed by atoms with van der Waals surface area (Å²) in [5.41, 5.74) is 5.19. The second-order valence-corrected chi connectivity index (χ2v) is 8.47. The Morgan fingerprint density at radius 1 is 0.879 bits per heavy atom. The number of ether oxygens (including phenoxy) is 1. The Kier molecular flexibility index (Phi) is 6.09. The van der Waals surface area contributed by atoms with Gasteiger partial charge in [-0.1, -0.05) is 36.4 Å². The van der Waals surface area contributed by atoms with E-state index in [2.05, 4.69) is 0 Å². The number of anilines is 3. The lowest BCUT2D eigenvalue weighted by atomic mass is 9.97. The number of carbonyl (C=O) groups excluding carboxylic acids is 2. The maximum absolute atomic E-state index is 14.0. The van der Waals surface area contributed by atoms with Gasteiger partial charge in [-0.3, -0.25) is 14.5 Å². The standard InChI is InChI=1S/C27H29N3O3/c1-18-9-8-11-22(19(18)2)29-17-25(31)30(23-10-6-7-12-24(23)33-5)26(27(29)32)20-13-15-21(16-14-20)28(3)4/h6-16,26H,17H2,1-5H3/t26-/m1/s1. The minimum absolute atomic E-state index is 0.0343. The molecule has 0 N–H and O–H groups in total. The minimum Gasteiger partial charge on any atom is -0.495 e. The number of para-hydroxylation sites is 2. The summed E-state index contributed by atoms with van der Waals surface area (Å²) in [6.45, 7) is 3.96. The average Bonchev–Trinajstić information content (AvgIpc) is 2.82. The van der Waals surface area contributed by atoms with Crippen LogP contribution in [0.2, 0.25) is 0 Å². The van der Waals surface area contributed by atoms with Crippen LogP contribution in [0.5, 0.6) is 5.75 Å². The number of nitrogens with zero attached hydrogens (tertiary/aromatic N) is 3. The van der Waals surface area contributed by atoms with Crippen LogP contribution in [0.3, 0.4) is 0 Å². The summed E-state index contributed by atoms with van der Waals surface area (Å²) in [5.74, 6) is 0.238. The SMILES string of the molecule is COc1ccccc1N1C(=O)CN(c2cccc(C)c2C)C(=O)[C@H]1c1ccc(N(C)C)cc1. The van der Waals surface area contributed by atoms with Gasteiger partial charge in [-0.2, -0.15) is 0 Å². The van der Waals surface area contributed by atoms with E-state index < -0.39 is 6.04 Å². The predicted molar refractivity (Wildman–Crippen MR) is 132 cm³/mol. The van der Waals surface area contributed by atoms with Crippen LogP contribution in [-0.2, 0) is 9.59 Å². The van der Waals surface area contributed by atoms with Gasteiger partial charge in [0.2, 0.25) is 5.91 Å². The summed E-state index contributed by atoms with van der Waals surface area (Å²) in [6, 6.07) is 20.1. The van der Waals surface area contributed by atoms with Gasteiger partial charge < -0.3 is 14.5 Å². The van der Waals surface area contributed by atoms with E-state index in [9.17, 15) is 9.59 Å². The Morgan fingerprint density at radius 3 is 2.21 bits per heavy atom. The Bertz CT molecular complexity index is 1190. The maximum atomic E-state index is 14.0. The highest BCUT2D eigenvalue weighted by Gasteiger charge is 2.43.